The SMILES string of the molecule is CCOC(=O)C1CCN(c2nc3c(c(=O)[nH]2)[C@H](C(=O)NCc2ccccc2)CC(=O)N3)CC1. The van der Waals surface area contributed by atoms with E-state index in [0.29, 0.717) is 45.0 Å². The van der Waals surface area contributed by atoms with Crippen LogP contribution in [0.15, 0.2) is 35.1 Å². The number of esters is 1. The fourth-order valence-electron chi connectivity index (χ4n) is 4.23. The second kappa shape index (κ2) is 9.85. The minimum atomic E-state index is -0.919. The van der Waals surface area contributed by atoms with Crippen LogP contribution < -0.4 is 21.1 Å². The second-order valence-electron chi connectivity index (χ2n) is 8.17. The van der Waals surface area contributed by atoms with E-state index in [2.05, 4.69) is 20.6 Å². The number of benzene rings is 1. The third-order valence-electron chi connectivity index (χ3n) is 5.98. The number of hydrogen-bond donors (Lipinski definition) is 3. The van der Waals surface area contributed by atoms with Gasteiger partial charge in [-0.2, -0.15) is 4.98 Å². The molecule has 2 aliphatic heterocycles. The highest BCUT2D eigenvalue weighted by Crippen LogP contribution is 2.30. The molecule has 1 fully saturated rings. The summed E-state index contributed by atoms with van der Waals surface area (Å²) in [7, 11) is 0. The number of aromatic nitrogens is 2. The van der Waals surface area contributed by atoms with Gasteiger partial charge in [-0.15, -0.1) is 0 Å². The number of rotatable bonds is 6. The third-order valence-corrected chi connectivity index (χ3v) is 5.98. The molecule has 33 heavy (non-hydrogen) atoms. The first-order valence-corrected chi connectivity index (χ1v) is 11.1. The standard InChI is InChI=1S/C23H27N5O5/c1-2-33-22(32)15-8-10-28(11-9-15)23-26-19-18(21(31)27-23)16(12-17(29)25-19)20(30)24-13-14-6-4-3-5-7-14/h3-7,15-16H,2,8-13H2,1H3,(H,24,30)(H2,25,26,27,29,31)/t16-/m1/s1. The summed E-state index contributed by atoms with van der Waals surface area (Å²) in [5, 5.41) is 5.44. The van der Waals surface area contributed by atoms with Crippen LogP contribution in [0.4, 0.5) is 11.8 Å². The Morgan fingerprint density at radius 2 is 1.91 bits per heavy atom. The van der Waals surface area contributed by atoms with Gasteiger partial charge in [0.1, 0.15) is 5.82 Å². The molecule has 1 atom stereocenters. The molecule has 10 heteroatoms. The first-order valence-electron chi connectivity index (χ1n) is 11.1. The molecule has 1 aromatic heterocycles. The Balaban J connectivity index is 1.49. The fraction of sp³-hybridized carbons (Fsp3) is 0.435. The smallest absolute Gasteiger partial charge is 0.309 e. The summed E-state index contributed by atoms with van der Waals surface area (Å²) < 4.78 is 5.09. The van der Waals surface area contributed by atoms with Crippen LogP contribution in [0.5, 0.6) is 0 Å². The van der Waals surface area contributed by atoms with Crippen LogP contribution in [0.25, 0.3) is 0 Å². The molecule has 1 aromatic carbocycles. The van der Waals surface area contributed by atoms with Crippen molar-refractivity contribution in [2.75, 3.05) is 29.9 Å². The average molecular weight is 453 g/mol. The van der Waals surface area contributed by atoms with Crippen LogP contribution in [-0.4, -0.2) is 47.4 Å². The van der Waals surface area contributed by atoms with Crippen molar-refractivity contribution in [1.82, 2.24) is 15.3 Å². The van der Waals surface area contributed by atoms with Crippen molar-refractivity contribution in [1.29, 1.82) is 0 Å². The Bertz CT molecular complexity index is 1090. The zero-order valence-electron chi connectivity index (χ0n) is 18.4. The molecule has 0 aliphatic carbocycles. The number of hydrogen-bond acceptors (Lipinski definition) is 7. The highest BCUT2D eigenvalue weighted by atomic mass is 16.5. The Kier molecular flexibility index (Phi) is 6.71. The van der Waals surface area contributed by atoms with E-state index < -0.39 is 17.4 Å². The van der Waals surface area contributed by atoms with Gasteiger partial charge in [-0.05, 0) is 25.3 Å². The number of carbonyl (C=O) groups is 3. The number of nitrogens with zero attached hydrogens (tertiary/aromatic N) is 2. The van der Waals surface area contributed by atoms with Crippen LogP contribution in [0.2, 0.25) is 0 Å². The molecule has 174 valence electrons. The number of piperidine rings is 1. The Labute approximate surface area is 190 Å². The van der Waals surface area contributed by atoms with Gasteiger partial charge in [-0.1, -0.05) is 30.3 Å². The van der Waals surface area contributed by atoms with Crippen LogP contribution in [-0.2, 0) is 25.7 Å². The van der Waals surface area contributed by atoms with Gasteiger partial charge in [-0.25, -0.2) is 0 Å². The fourth-order valence-corrected chi connectivity index (χ4v) is 4.23. The summed E-state index contributed by atoms with van der Waals surface area (Å²) in [5.41, 5.74) is 0.618. The van der Waals surface area contributed by atoms with Gasteiger partial charge in [-0.3, -0.25) is 24.2 Å². The van der Waals surface area contributed by atoms with Gasteiger partial charge >= 0.3 is 5.97 Å². The minimum absolute atomic E-state index is 0.109. The van der Waals surface area contributed by atoms with Crippen LogP contribution >= 0.6 is 0 Å². The molecule has 0 bridgehead atoms. The number of amides is 2. The molecular formula is C23H27N5O5. The van der Waals surface area contributed by atoms with E-state index in [1.807, 2.05) is 35.2 Å². The highest BCUT2D eigenvalue weighted by Gasteiger charge is 2.35. The summed E-state index contributed by atoms with van der Waals surface area (Å²) in [5.74, 6) is -1.65. The van der Waals surface area contributed by atoms with Gasteiger partial charge in [0.05, 0.1) is 24.0 Å². The average Bonchev–Trinajstić information content (AvgIpc) is 2.82. The number of aromatic amines is 1. The zero-order valence-corrected chi connectivity index (χ0v) is 18.4. The normalized spacial score (nSPS) is 18.3. The maximum absolute atomic E-state index is 13.0. The van der Waals surface area contributed by atoms with Gasteiger partial charge in [0, 0.05) is 26.1 Å². The summed E-state index contributed by atoms with van der Waals surface area (Å²) >= 11 is 0. The highest BCUT2D eigenvalue weighted by molar-refractivity contribution is 6.00. The number of H-pyrrole nitrogens is 1. The maximum atomic E-state index is 13.0. The van der Waals surface area contributed by atoms with E-state index in [9.17, 15) is 19.2 Å². The predicted octanol–water partition coefficient (Wildman–Crippen LogP) is 1.29. The molecule has 3 N–H and O–H groups in total. The molecule has 2 aliphatic rings. The van der Waals surface area contributed by atoms with Crippen molar-refractivity contribution in [3.8, 4) is 0 Å². The monoisotopic (exact) mass is 453 g/mol. The van der Waals surface area contributed by atoms with Crippen molar-refractivity contribution < 1.29 is 19.1 Å². The molecule has 2 aromatic rings. The lowest BCUT2D eigenvalue weighted by Crippen LogP contribution is -2.41. The molecule has 2 amide bonds. The second-order valence-corrected chi connectivity index (χ2v) is 8.17. The molecule has 4 rings (SSSR count). The quantitative estimate of drug-likeness (QED) is 0.561. The maximum Gasteiger partial charge on any atom is 0.309 e. The molecule has 1 saturated heterocycles. The van der Waals surface area contributed by atoms with Gasteiger partial charge in [0.2, 0.25) is 17.8 Å². The van der Waals surface area contributed by atoms with Crippen LogP contribution in [0.3, 0.4) is 0 Å². The van der Waals surface area contributed by atoms with E-state index in [0.717, 1.165) is 5.56 Å². The third kappa shape index (κ3) is 5.05. The summed E-state index contributed by atoms with van der Waals surface area (Å²) in [6.45, 7) is 3.45. The van der Waals surface area contributed by atoms with E-state index in [1.54, 1.807) is 6.92 Å². The lowest BCUT2D eigenvalue weighted by molar-refractivity contribution is -0.148. The summed E-state index contributed by atoms with van der Waals surface area (Å²) in [6, 6.07) is 9.39. The lowest BCUT2D eigenvalue weighted by Gasteiger charge is -2.32. The van der Waals surface area contributed by atoms with E-state index in [1.165, 1.54) is 0 Å². The Hall–Kier alpha value is -3.69. The van der Waals surface area contributed by atoms with Crippen molar-refractivity contribution in [3.05, 3.63) is 51.8 Å². The molecule has 0 radical (unpaired) electrons. The topological polar surface area (TPSA) is 133 Å². The Morgan fingerprint density at radius 1 is 1.18 bits per heavy atom. The van der Waals surface area contributed by atoms with Gasteiger partial charge in [0.15, 0.2) is 0 Å². The first-order chi connectivity index (χ1) is 16.0. The first kappa shape index (κ1) is 22.5. The molecular weight excluding hydrogens is 426 g/mol. The van der Waals surface area contributed by atoms with Crippen molar-refractivity contribution >= 4 is 29.5 Å². The van der Waals surface area contributed by atoms with Crippen molar-refractivity contribution in [2.24, 2.45) is 5.92 Å². The van der Waals surface area contributed by atoms with Crippen LogP contribution in [0, 0.1) is 5.92 Å². The lowest BCUT2D eigenvalue weighted by atomic mass is 9.92. The molecule has 0 saturated carbocycles. The minimum Gasteiger partial charge on any atom is -0.466 e. The van der Waals surface area contributed by atoms with Crippen molar-refractivity contribution in [3.63, 3.8) is 0 Å². The molecule has 0 unspecified atom stereocenters. The molecule has 0 spiro atoms. The van der Waals surface area contributed by atoms with Gasteiger partial charge in [0.25, 0.3) is 5.56 Å². The largest absolute Gasteiger partial charge is 0.466 e. The summed E-state index contributed by atoms with van der Waals surface area (Å²) in [6.07, 6.45) is 1.04. The van der Waals surface area contributed by atoms with Gasteiger partial charge < -0.3 is 20.3 Å². The van der Waals surface area contributed by atoms with Crippen LogP contribution in [0.1, 0.15) is 43.2 Å². The molecule has 10 nitrogen and oxygen atoms in total. The summed E-state index contributed by atoms with van der Waals surface area (Å²) in [4.78, 5) is 59.1. The number of anilines is 2. The number of carbonyl (C=O) groups excluding carboxylic acids is 3. The van der Waals surface area contributed by atoms with E-state index in [4.69, 9.17) is 4.74 Å². The van der Waals surface area contributed by atoms with E-state index >= 15 is 0 Å². The predicted molar refractivity (Wildman–Crippen MR) is 121 cm³/mol. The van der Waals surface area contributed by atoms with Crippen molar-refractivity contribution in [2.45, 2.75) is 38.6 Å². The number of ether oxygens (including phenoxy) is 1. The number of nitrogens with one attached hydrogen (secondary N) is 3. The van der Waals surface area contributed by atoms with E-state index in [-0.39, 0.29) is 35.6 Å². The Morgan fingerprint density at radius 3 is 2.61 bits per heavy atom. The number of fused-ring (bicyclic) bond motifs is 1. The molecule has 3 heterocycles. The zero-order chi connectivity index (χ0) is 23.4.